The van der Waals surface area contributed by atoms with Gasteiger partial charge >= 0.3 is 0 Å². The van der Waals surface area contributed by atoms with Crippen LogP contribution in [-0.4, -0.2) is 38.4 Å². The second-order valence-corrected chi connectivity index (χ2v) is 14.3. The van der Waals surface area contributed by atoms with Crippen molar-refractivity contribution in [2.45, 2.75) is 0 Å². The molecule has 64 heavy (non-hydrogen) atoms. The van der Waals surface area contributed by atoms with Crippen LogP contribution < -0.4 is 18.9 Å². The van der Waals surface area contributed by atoms with E-state index in [1.54, 1.807) is 40.8 Å². The van der Waals surface area contributed by atoms with Gasteiger partial charge in [0.05, 0.1) is 62.1 Å². The Kier molecular flexibility index (Phi) is 13.1. The van der Waals surface area contributed by atoms with Crippen molar-refractivity contribution in [3.05, 3.63) is 215 Å². The summed E-state index contributed by atoms with van der Waals surface area (Å²) in [5.74, 6) is 28.2. The van der Waals surface area contributed by atoms with Crippen LogP contribution in [0.3, 0.4) is 0 Å². The van der Waals surface area contributed by atoms with E-state index < -0.39 is 0 Å². The minimum Gasteiger partial charge on any atom is -0.495 e. The van der Waals surface area contributed by atoms with E-state index in [1.807, 2.05) is 109 Å². The minimum absolute atomic E-state index is 0.592. The van der Waals surface area contributed by atoms with Gasteiger partial charge in [0.25, 0.3) is 0 Å². The maximum Gasteiger partial charge on any atom is 0.136 e. The van der Waals surface area contributed by atoms with E-state index in [1.165, 1.54) is 0 Å². The Hall–Kier alpha value is -8.94. The summed E-state index contributed by atoms with van der Waals surface area (Å²) in [5, 5.41) is 0. The van der Waals surface area contributed by atoms with Gasteiger partial charge in [0, 0.05) is 58.9 Å². The second-order valence-electron chi connectivity index (χ2n) is 14.3. The van der Waals surface area contributed by atoms with E-state index in [0.29, 0.717) is 56.6 Å². The SMILES string of the molecule is COc1cc(C#Cc2ccc(-c3ccc(C#Cc4cc(OC)c(C#Cc5ccc(-c6ccccc6)cc5)cc4OC)cn3)nc2)c(OC)cc1C#Cc1ccc(-c2ccccc2)cc1. The van der Waals surface area contributed by atoms with E-state index in [0.717, 1.165) is 44.5 Å². The first-order chi connectivity index (χ1) is 31.5. The van der Waals surface area contributed by atoms with Crippen LogP contribution in [0.2, 0.25) is 0 Å². The quantitative estimate of drug-likeness (QED) is 0.149. The third kappa shape index (κ3) is 10.1. The zero-order valence-electron chi connectivity index (χ0n) is 35.7. The summed E-state index contributed by atoms with van der Waals surface area (Å²) in [6.07, 6.45) is 3.44. The molecule has 306 valence electrons. The van der Waals surface area contributed by atoms with Crippen LogP contribution in [-0.2, 0) is 0 Å². The summed E-state index contributed by atoms with van der Waals surface area (Å²) < 4.78 is 22.8. The topological polar surface area (TPSA) is 62.7 Å². The highest BCUT2D eigenvalue weighted by Gasteiger charge is 2.11. The van der Waals surface area contributed by atoms with Gasteiger partial charge in [-0.15, -0.1) is 0 Å². The monoisotopic (exact) mass is 828 g/mol. The highest BCUT2D eigenvalue weighted by Crippen LogP contribution is 2.30. The lowest BCUT2D eigenvalue weighted by molar-refractivity contribution is 0.401. The van der Waals surface area contributed by atoms with Gasteiger partial charge in [-0.25, -0.2) is 0 Å². The normalized spacial score (nSPS) is 10.0. The van der Waals surface area contributed by atoms with Gasteiger partial charge in [0.1, 0.15) is 23.0 Å². The predicted molar refractivity (Wildman–Crippen MR) is 254 cm³/mol. The highest BCUT2D eigenvalue weighted by molar-refractivity contribution is 5.67. The summed E-state index contributed by atoms with van der Waals surface area (Å²) in [4.78, 5) is 9.27. The van der Waals surface area contributed by atoms with Crippen molar-refractivity contribution in [3.8, 4) is 104 Å². The number of benzene rings is 6. The molecular weight excluding hydrogens is 789 g/mol. The molecule has 0 aliphatic carbocycles. The lowest BCUT2D eigenvalue weighted by atomic mass is 10.0. The number of methoxy groups -OCH3 is 4. The van der Waals surface area contributed by atoms with Crippen molar-refractivity contribution in [2.24, 2.45) is 0 Å². The average Bonchev–Trinajstić information content (AvgIpc) is 3.37. The molecule has 0 spiro atoms. The number of ether oxygens (including phenoxy) is 4. The third-order valence-electron chi connectivity index (χ3n) is 10.2. The third-order valence-corrected chi connectivity index (χ3v) is 10.2. The lowest BCUT2D eigenvalue weighted by Crippen LogP contribution is -1.94. The van der Waals surface area contributed by atoms with E-state index in [9.17, 15) is 0 Å². The molecular formula is C58H40N2O4. The number of hydrogen-bond donors (Lipinski definition) is 0. The van der Waals surface area contributed by atoms with Crippen molar-refractivity contribution in [2.75, 3.05) is 28.4 Å². The van der Waals surface area contributed by atoms with Crippen LogP contribution in [0.1, 0.15) is 44.5 Å². The van der Waals surface area contributed by atoms with Gasteiger partial charge in [-0.3, -0.25) is 9.97 Å². The number of hydrogen-bond acceptors (Lipinski definition) is 6. The molecule has 0 atom stereocenters. The Bertz CT molecular complexity index is 2950. The smallest absolute Gasteiger partial charge is 0.136 e. The Balaban J connectivity index is 0.930. The summed E-state index contributed by atoms with van der Waals surface area (Å²) in [6, 6.07) is 51.8. The number of aromatic nitrogens is 2. The fraction of sp³-hybridized carbons (Fsp3) is 0.0690. The van der Waals surface area contributed by atoms with Gasteiger partial charge in [0.15, 0.2) is 0 Å². The largest absolute Gasteiger partial charge is 0.495 e. The lowest BCUT2D eigenvalue weighted by Gasteiger charge is -2.09. The molecule has 6 aromatic carbocycles. The van der Waals surface area contributed by atoms with Crippen molar-refractivity contribution in [3.63, 3.8) is 0 Å². The molecule has 0 saturated heterocycles. The summed E-state index contributed by atoms with van der Waals surface area (Å²) in [5.41, 5.74) is 12.0. The molecule has 0 bridgehead atoms. The zero-order chi connectivity index (χ0) is 44.1. The van der Waals surface area contributed by atoms with E-state index in [4.69, 9.17) is 18.9 Å². The maximum absolute atomic E-state index is 5.71. The molecule has 0 radical (unpaired) electrons. The van der Waals surface area contributed by atoms with Crippen LogP contribution in [0.4, 0.5) is 0 Å². The van der Waals surface area contributed by atoms with E-state index in [2.05, 4.69) is 106 Å². The molecule has 0 aliphatic heterocycles. The fourth-order valence-electron chi connectivity index (χ4n) is 6.74. The Labute approximate surface area is 374 Å². The number of rotatable bonds is 7. The van der Waals surface area contributed by atoms with E-state index >= 15 is 0 Å². The highest BCUT2D eigenvalue weighted by atomic mass is 16.5. The Morgan fingerprint density at radius 3 is 0.859 bits per heavy atom. The van der Waals surface area contributed by atoms with Gasteiger partial charge in [-0.2, -0.15) is 0 Å². The molecule has 0 aliphatic rings. The van der Waals surface area contributed by atoms with Crippen LogP contribution in [0.15, 0.2) is 170 Å². The van der Waals surface area contributed by atoms with Crippen LogP contribution >= 0.6 is 0 Å². The number of pyridine rings is 2. The standard InChI is InChI=1S/C58H40N2O4/c1-61-55-37-51(57(63-3)35-49(55)29-19-41-15-25-47(26-16-41)45-11-7-5-8-12-45)31-21-43-23-33-53(59-39-43)54-34-24-44(40-60-54)22-32-52-38-56(62-2)50(36-58(52)64-4)30-20-42-17-27-48(28-18-42)46-13-9-6-10-14-46/h5-18,23-28,33-40H,1-4H3. The number of nitrogens with zero attached hydrogens (tertiary/aromatic N) is 2. The first kappa shape index (κ1) is 41.8. The Morgan fingerprint density at radius 1 is 0.297 bits per heavy atom. The molecule has 0 fully saturated rings. The first-order valence-corrected chi connectivity index (χ1v) is 20.3. The average molecular weight is 829 g/mol. The van der Waals surface area contributed by atoms with Crippen molar-refractivity contribution < 1.29 is 18.9 Å². The molecule has 2 aromatic heterocycles. The van der Waals surface area contributed by atoms with E-state index in [-0.39, 0.29) is 0 Å². The predicted octanol–water partition coefficient (Wildman–Crippen LogP) is 11.1. The summed E-state index contributed by atoms with van der Waals surface area (Å²) in [6.45, 7) is 0. The molecule has 8 aromatic rings. The van der Waals surface area contributed by atoms with Crippen LogP contribution in [0.25, 0.3) is 33.6 Å². The maximum atomic E-state index is 5.71. The minimum atomic E-state index is 0.592. The van der Waals surface area contributed by atoms with Gasteiger partial charge in [-0.1, -0.05) is 132 Å². The summed E-state index contributed by atoms with van der Waals surface area (Å²) in [7, 11) is 6.46. The molecule has 6 heteroatoms. The fourth-order valence-corrected chi connectivity index (χ4v) is 6.74. The second kappa shape index (κ2) is 20.1. The molecule has 8 rings (SSSR count). The van der Waals surface area contributed by atoms with Crippen molar-refractivity contribution in [1.29, 1.82) is 0 Å². The van der Waals surface area contributed by atoms with Gasteiger partial charge < -0.3 is 18.9 Å². The molecule has 0 N–H and O–H groups in total. The molecule has 2 heterocycles. The zero-order valence-corrected chi connectivity index (χ0v) is 35.7. The summed E-state index contributed by atoms with van der Waals surface area (Å²) >= 11 is 0. The molecule has 0 unspecified atom stereocenters. The molecule has 6 nitrogen and oxygen atoms in total. The van der Waals surface area contributed by atoms with Crippen molar-refractivity contribution >= 4 is 0 Å². The first-order valence-electron chi connectivity index (χ1n) is 20.3. The molecule has 0 saturated carbocycles. The molecule has 0 amide bonds. The van der Waals surface area contributed by atoms with Gasteiger partial charge in [0.2, 0.25) is 0 Å². The van der Waals surface area contributed by atoms with Crippen LogP contribution in [0.5, 0.6) is 23.0 Å². The Morgan fingerprint density at radius 2 is 0.578 bits per heavy atom. The van der Waals surface area contributed by atoms with Crippen molar-refractivity contribution in [1.82, 2.24) is 9.97 Å². The van der Waals surface area contributed by atoms with Gasteiger partial charge in [-0.05, 0) is 70.8 Å². The van der Waals surface area contributed by atoms with Crippen LogP contribution in [0, 0.1) is 47.4 Å².